The summed E-state index contributed by atoms with van der Waals surface area (Å²) >= 11 is 1.48. The number of amides is 2. The van der Waals surface area contributed by atoms with E-state index >= 15 is 0 Å². The molecule has 0 aliphatic carbocycles. The van der Waals surface area contributed by atoms with Gasteiger partial charge in [-0.25, -0.2) is 9.38 Å². The predicted molar refractivity (Wildman–Crippen MR) is 110 cm³/mol. The third kappa shape index (κ3) is 3.67. The zero-order chi connectivity index (χ0) is 20.5. The predicted octanol–water partition coefficient (Wildman–Crippen LogP) is 3.76. The summed E-state index contributed by atoms with van der Waals surface area (Å²) in [4.78, 5) is 33.8. The van der Waals surface area contributed by atoms with Gasteiger partial charge in [0, 0.05) is 11.6 Å². The number of thiophene rings is 1. The zero-order valence-electron chi connectivity index (χ0n) is 15.2. The molecule has 1 N–H and O–H groups in total. The molecule has 0 saturated heterocycles. The summed E-state index contributed by atoms with van der Waals surface area (Å²) in [6.45, 7) is 5.30. The number of nitrogens with zero attached hydrogens (tertiary/aromatic N) is 4. The van der Waals surface area contributed by atoms with Gasteiger partial charge in [0.1, 0.15) is 17.3 Å². The fourth-order valence-corrected chi connectivity index (χ4v) is 3.29. The molecule has 0 atom stereocenters. The first-order valence-corrected chi connectivity index (χ1v) is 9.39. The van der Waals surface area contributed by atoms with Gasteiger partial charge in [0.15, 0.2) is 0 Å². The molecular formula is C20H14FN5O2S. The molecule has 9 heteroatoms. The van der Waals surface area contributed by atoms with Gasteiger partial charge in [0.2, 0.25) is 0 Å². The molecule has 0 bridgehead atoms. The number of carbonyl (C=O) groups is 2. The summed E-state index contributed by atoms with van der Waals surface area (Å²) in [5, 5.41) is 9.09. The van der Waals surface area contributed by atoms with Crippen molar-refractivity contribution in [2.24, 2.45) is 9.98 Å². The third-order valence-corrected chi connectivity index (χ3v) is 5.08. The summed E-state index contributed by atoms with van der Waals surface area (Å²) in [6.07, 6.45) is 0. The van der Waals surface area contributed by atoms with Gasteiger partial charge in [-0.3, -0.25) is 9.59 Å². The van der Waals surface area contributed by atoms with Crippen LogP contribution >= 0.6 is 11.3 Å². The molecule has 7 nitrogen and oxygen atoms in total. The van der Waals surface area contributed by atoms with E-state index in [0.29, 0.717) is 11.4 Å². The number of nitrogens with one attached hydrogen (secondary N) is 1. The maximum atomic E-state index is 13.1. The molecule has 0 saturated carbocycles. The van der Waals surface area contributed by atoms with Crippen molar-refractivity contribution in [3.05, 3.63) is 71.4 Å². The molecule has 0 fully saturated rings. The lowest BCUT2D eigenvalue weighted by Gasteiger charge is -2.12. The van der Waals surface area contributed by atoms with Crippen molar-refractivity contribution in [3.8, 4) is 10.6 Å². The average Bonchev–Trinajstić information content (AvgIpc) is 3.36. The van der Waals surface area contributed by atoms with E-state index in [1.165, 1.54) is 40.3 Å². The molecule has 2 amide bonds. The first-order valence-electron chi connectivity index (χ1n) is 8.51. The topological polar surface area (TPSA) is 88.7 Å². The van der Waals surface area contributed by atoms with Gasteiger partial charge in [-0.05, 0) is 42.6 Å². The van der Waals surface area contributed by atoms with Crippen LogP contribution in [-0.2, 0) is 4.79 Å². The molecule has 29 heavy (non-hydrogen) atoms. The molecule has 3 heterocycles. The number of carbonyl (C=O) groups excluding carboxylic acids is 2. The smallest absolute Gasteiger partial charge is 0.281 e. The van der Waals surface area contributed by atoms with E-state index in [1.807, 2.05) is 17.5 Å². The minimum atomic E-state index is -0.517. The molecule has 0 radical (unpaired) electrons. The second-order valence-electron chi connectivity index (χ2n) is 6.16. The Hall–Kier alpha value is -3.72. The lowest BCUT2D eigenvalue weighted by Crippen LogP contribution is -2.25. The van der Waals surface area contributed by atoms with Crippen LogP contribution in [0.3, 0.4) is 0 Å². The van der Waals surface area contributed by atoms with Gasteiger partial charge in [-0.1, -0.05) is 12.6 Å². The Morgan fingerprint density at radius 2 is 1.97 bits per heavy atom. The number of anilines is 1. The molecule has 144 valence electrons. The van der Waals surface area contributed by atoms with Crippen LogP contribution < -0.4 is 5.32 Å². The summed E-state index contributed by atoms with van der Waals surface area (Å²) in [6, 6.07) is 10.6. The fourth-order valence-electron chi connectivity index (χ4n) is 2.61. The van der Waals surface area contributed by atoms with Crippen LogP contribution in [0.15, 0.2) is 70.0 Å². The minimum Gasteiger partial charge on any atom is -0.306 e. The van der Waals surface area contributed by atoms with Crippen molar-refractivity contribution in [2.45, 2.75) is 6.92 Å². The van der Waals surface area contributed by atoms with Crippen LogP contribution in [0.5, 0.6) is 0 Å². The molecule has 2 aromatic heterocycles. The van der Waals surface area contributed by atoms with Crippen LogP contribution in [0.2, 0.25) is 0 Å². The van der Waals surface area contributed by atoms with Crippen molar-refractivity contribution >= 4 is 40.6 Å². The number of hydrogen-bond donors (Lipinski definition) is 1. The van der Waals surface area contributed by atoms with Crippen LogP contribution in [0.25, 0.3) is 10.6 Å². The standard InChI is InChI=1S/C20H14FN5O2S/c1-11-12(2)22-20(24-18(11)27)26-17(10-15(25-26)16-4-3-9-29-16)23-19(28)13-5-7-14(21)8-6-13/h3-10H,1H2,2H3,(H,23,28). The van der Waals surface area contributed by atoms with E-state index < -0.39 is 17.6 Å². The first kappa shape index (κ1) is 18.6. The molecule has 1 aliphatic rings. The Kier molecular flexibility index (Phi) is 4.73. The Balaban J connectivity index is 1.75. The molecule has 1 aromatic carbocycles. The number of aliphatic imine (C=N–C) groups is 2. The summed E-state index contributed by atoms with van der Waals surface area (Å²) in [5.74, 6) is -1.12. The minimum absolute atomic E-state index is 0.0251. The van der Waals surface area contributed by atoms with Gasteiger partial charge in [0.25, 0.3) is 17.8 Å². The first-order chi connectivity index (χ1) is 13.9. The monoisotopic (exact) mass is 407 g/mol. The number of aromatic nitrogens is 2. The van der Waals surface area contributed by atoms with Crippen molar-refractivity contribution in [3.63, 3.8) is 0 Å². The van der Waals surface area contributed by atoms with Gasteiger partial charge in [0.05, 0.1) is 16.2 Å². The van der Waals surface area contributed by atoms with E-state index in [-0.39, 0.29) is 22.9 Å². The lowest BCUT2D eigenvalue weighted by atomic mass is 10.2. The van der Waals surface area contributed by atoms with E-state index in [2.05, 4.69) is 27.0 Å². The fraction of sp³-hybridized carbons (Fsp3) is 0.0500. The average molecular weight is 407 g/mol. The lowest BCUT2D eigenvalue weighted by molar-refractivity contribution is -0.113. The summed E-state index contributed by atoms with van der Waals surface area (Å²) < 4.78 is 14.4. The molecule has 0 spiro atoms. The normalized spacial score (nSPS) is 13.9. The number of rotatable bonds is 3. The maximum absolute atomic E-state index is 13.1. The molecule has 0 unspecified atom stereocenters. The van der Waals surface area contributed by atoms with E-state index in [4.69, 9.17) is 0 Å². The molecule has 1 aliphatic heterocycles. The van der Waals surface area contributed by atoms with Crippen LogP contribution in [0, 0.1) is 5.82 Å². The second-order valence-corrected chi connectivity index (χ2v) is 7.11. The van der Waals surface area contributed by atoms with Gasteiger partial charge in [-0.15, -0.1) is 11.3 Å². The van der Waals surface area contributed by atoms with Crippen LogP contribution in [0.4, 0.5) is 10.2 Å². The van der Waals surface area contributed by atoms with Crippen molar-refractivity contribution in [1.29, 1.82) is 0 Å². The van der Waals surface area contributed by atoms with Gasteiger partial charge >= 0.3 is 0 Å². The van der Waals surface area contributed by atoms with E-state index in [1.54, 1.807) is 13.0 Å². The Morgan fingerprint density at radius 1 is 1.21 bits per heavy atom. The summed E-state index contributed by atoms with van der Waals surface area (Å²) in [7, 11) is 0. The highest BCUT2D eigenvalue weighted by atomic mass is 32.1. The number of hydrogen-bond acceptors (Lipinski definition) is 5. The maximum Gasteiger partial charge on any atom is 0.281 e. The zero-order valence-corrected chi connectivity index (χ0v) is 16.0. The Labute approximate surface area is 168 Å². The van der Waals surface area contributed by atoms with E-state index in [9.17, 15) is 14.0 Å². The third-order valence-electron chi connectivity index (χ3n) is 4.18. The highest BCUT2D eigenvalue weighted by Crippen LogP contribution is 2.27. The number of halogens is 1. The van der Waals surface area contributed by atoms with Crippen LogP contribution in [0.1, 0.15) is 17.3 Å². The second kappa shape index (κ2) is 7.36. The molecule has 4 rings (SSSR count). The SMILES string of the molecule is C=C1C(=O)N=C(n2nc(-c3cccs3)cc2NC(=O)c2ccc(F)cc2)N=C1C. The van der Waals surface area contributed by atoms with Gasteiger partial charge in [-0.2, -0.15) is 14.8 Å². The summed E-state index contributed by atoms with van der Waals surface area (Å²) in [5.41, 5.74) is 1.48. The highest BCUT2D eigenvalue weighted by molar-refractivity contribution is 7.13. The van der Waals surface area contributed by atoms with Crippen LogP contribution in [-0.4, -0.2) is 33.3 Å². The van der Waals surface area contributed by atoms with Crippen molar-refractivity contribution < 1.29 is 14.0 Å². The largest absolute Gasteiger partial charge is 0.306 e. The van der Waals surface area contributed by atoms with Gasteiger partial charge < -0.3 is 5.32 Å². The quantitative estimate of drug-likeness (QED) is 0.671. The van der Waals surface area contributed by atoms with Crippen molar-refractivity contribution in [1.82, 2.24) is 9.78 Å². The molecular weight excluding hydrogens is 393 g/mol. The Morgan fingerprint density at radius 3 is 2.62 bits per heavy atom. The highest BCUT2D eigenvalue weighted by Gasteiger charge is 2.23. The van der Waals surface area contributed by atoms with E-state index in [0.717, 1.165) is 4.88 Å². The number of benzene rings is 1. The molecule has 3 aromatic rings. The van der Waals surface area contributed by atoms with Crippen molar-refractivity contribution in [2.75, 3.05) is 5.32 Å². The Bertz CT molecular complexity index is 1190.